The highest BCUT2D eigenvalue weighted by molar-refractivity contribution is 5.47. The number of ether oxygens (including phenoxy) is 1. The normalized spacial score (nSPS) is 12.4. The van der Waals surface area contributed by atoms with Gasteiger partial charge in [0.05, 0.1) is 0 Å². The molecule has 11 heteroatoms. The highest BCUT2D eigenvalue weighted by Crippen LogP contribution is 2.43. The van der Waals surface area contributed by atoms with Crippen molar-refractivity contribution < 1.29 is 36.0 Å². The lowest BCUT2D eigenvalue weighted by atomic mass is 10.2. The average molecular weight is 290 g/mol. The van der Waals surface area contributed by atoms with Gasteiger partial charge in [-0.15, -0.1) is 13.2 Å². The standard InChI is InChI=1S/C8H4F6N2O3/c1-3-2-4(19-8(12,13)14)5(7(9,10)11)6(15-3)16(17)18/h2H,1H3. The van der Waals surface area contributed by atoms with Crippen LogP contribution in [0.5, 0.6) is 5.75 Å². The molecule has 0 radical (unpaired) electrons. The Morgan fingerprint density at radius 1 is 1.26 bits per heavy atom. The van der Waals surface area contributed by atoms with Crippen molar-refractivity contribution in [3.8, 4) is 5.75 Å². The van der Waals surface area contributed by atoms with Crippen molar-refractivity contribution in [2.45, 2.75) is 19.5 Å². The summed E-state index contributed by atoms with van der Waals surface area (Å²) in [6.45, 7) is 0.996. The van der Waals surface area contributed by atoms with Gasteiger partial charge in [0.15, 0.2) is 17.0 Å². The monoisotopic (exact) mass is 290 g/mol. The second-order valence-corrected chi connectivity index (χ2v) is 3.26. The van der Waals surface area contributed by atoms with Gasteiger partial charge in [-0.3, -0.25) is 0 Å². The van der Waals surface area contributed by atoms with Gasteiger partial charge in [-0.2, -0.15) is 13.2 Å². The van der Waals surface area contributed by atoms with Gasteiger partial charge >= 0.3 is 18.4 Å². The maximum Gasteiger partial charge on any atom is 0.573 e. The Morgan fingerprint density at radius 3 is 2.16 bits per heavy atom. The molecule has 0 aliphatic carbocycles. The minimum atomic E-state index is -5.42. The second kappa shape index (κ2) is 4.55. The SMILES string of the molecule is Cc1cc(OC(F)(F)F)c(C(F)(F)F)c([N+](=O)[O-])n1. The molecule has 0 saturated heterocycles. The van der Waals surface area contributed by atoms with E-state index in [1.165, 1.54) is 0 Å². The molecule has 0 aliphatic rings. The zero-order valence-corrected chi connectivity index (χ0v) is 8.96. The molecule has 19 heavy (non-hydrogen) atoms. The molecule has 0 bridgehead atoms. The van der Waals surface area contributed by atoms with E-state index in [1.54, 1.807) is 0 Å². The van der Waals surface area contributed by atoms with Crippen molar-refractivity contribution in [3.63, 3.8) is 0 Å². The van der Waals surface area contributed by atoms with Crippen molar-refractivity contribution in [1.82, 2.24) is 4.98 Å². The minimum Gasteiger partial charge on any atom is -0.405 e. The lowest BCUT2D eigenvalue weighted by molar-refractivity contribution is -0.393. The molecule has 0 atom stereocenters. The van der Waals surface area contributed by atoms with Crippen molar-refractivity contribution in [1.29, 1.82) is 0 Å². The van der Waals surface area contributed by atoms with Gasteiger partial charge in [0.2, 0.25) is 0 Å². The van der Waals surface area contributed by atoms with Crippen LogP contribution in [0.2, 0.25) is 0 Å². The number of halogens is 6. The number of alkyl halides is 6. The number of nitrogens with zero attached hydrogens (tertiary/aromatic N) is 2. The molecule has 1 aromatic heterocycles. The lowest BCUT2D eigenvalue weighted by Crippen LogP contribution is -2.21. The van der Waals surface area contributed by atoms with Gasteiger partial charge in [-0.05, 0) is 9.91 Å². The highest BCUT2D eigenvalue weighted by atomic mass is 19.4. The van der Waals surface area contributed by atoms with Crippen LogP contribution in [0.4, 0.5) is 32.2 Å². The first kappa shape index (κ1) is 15.0. The van der Waals surface area contributed by atoms with E-state index in [-0.39, 0.29) is 0 Å². The van der Waals surface area contributed by atoms with Gasteiger partial charge in [-0.1, -0.05) is 0 Å². The third kappa shape index (κ3) is 3.69. The smallest absolute Gasteiger partial charge is 0.405 e. The van der Waals surface area contributed by atoms with Crippen LogP contribution in [0, 0.1) is 17.0 Å². The molecule has 0 fully saturated rings. The summed E-state index contributed by atoms with van der Waals surface area (Å²) in [5.41, 5.74) is -2.60. The largest absolute Gasteiger partial charge is 0.573 e. The topological polar surface area (TPSA) is 65.3 Å². The summed E-state index contributed by atoms with van der Waals surface area (Å²) in [4.78, 5) is 11.9. The van der Waals surface area contributed by atoms with Gasteiger partial charge in [0.25, 0.3) is 0 Å². The Hall–Kier alpha value is -2.07. The quantitative estimate of drug-likeness (QED) is 0.476. The Bertz CT molecular complexity index is 510. The molecule has 0 N–H and O–H groups in total. The number of hydrogen-bond acceptors (Lipinski definition) is 4. The fraction of sp³-hybridized carbons (Fsp3) is 0.375. The Balaban J connectivity index is 3.56. The van der Waals surface area contributed by atoms with Crippen LogP contribution in [0.15, 0.2) is 6.07 Å². The summed E-state index contributed by atoms with van der Waals surface area (Å²) in [6, 6.07) is 0.323. The van der Waals surface area contributed by atoms with Crippen LogP contribution in [-0.2, 0) is 6.18 Å². The molecule has 5 nitrogen and oxygen atoms in total. The minimum absolute atomic E-state index is 0.323. The third-order valence-corrected chi connectivity index (χ3v) is 1.77. The number of aryl methyl sites for hydroxylation is 1. The molecule has 1 rings (SSSR count). The van der Waals surface area contributed by atoms with Crippen LogP contribution < -0.4 is 4.74 Å². The molecular weight excluding hydrogens is 286 g/mol. The van der Waals surface area contributed by atoms with Gasteiger partial charge in [-0.25, -0.2) is 0 Å². The van der Waals surface area contributed by atoms with Crippen molar-refractivity contribution in [2.24, 2.45) is 0 Å². The van der Waals surface area contributed by atoms with E-state index in [0.717, 1.165) is 6.92 Å². The molecule has 1 aromatic rings. The molecule has 0 spiro atoms. The van der Waals surface area contributed by atoms with Crippen LogP contribution in [0.3, 0.4) is 0 Å². The Morgan fingerprint density at radius 2 is 1.79 bits per heavy atom. The fourth-order valence-electron chi connectivity index (χ4n) is 1.23. The van der Waals surface area contributed by atoms with E-state index < -0.39 is 40.3 Å². The maximum absolute atomic E-state index is 12.6. The summed E-state index contributed by atoms with van der Waals surface area (Å²) in [5, 5.41) is 10.4. The summed E-state index contributed by atoms with van der Waals surface area (Å²) in [5.74, 6) is -3.45. The maximum atomic E-state index is 12.6. The fourth-order valence-corrected chi connectivity index (χ4v) is 1.23. The molecule has 0 amide bonds. The zero-order chi connectivity index (χ0) is 15.0. The highest BCUT2D eigenvalue weighted by Gasteiger charge is 2.46. The first-order valence-electron chi connectivity index (χ1n) is 4.41. The second-order valence-electron chi connectivity index (χ2n) is 3.26. The summed E-state index contributed by atoms with van der Waals surface area (Å²) in [7, 11) is 0. The van der Waals surface area contributed by atoms with Gasteiger partial charge in [0, 0.05) is 13.0 Å². The van der Waals surface area contributed by atoms with E-state index in [2.05, 4.69) is 9.72 Å². The summed E-state index contributed by atoms with van der Waals surface area (Å²) in [6.07, 6.45) is -10.8. The predicted molar refractivity (Wildman–Crippen MR) is 47.3 cm³/mol. The van der Waals surface area contributed by atoms with Gasteiger partial charge in [0.1, 0.15) is 0 Å². The molecule has 0 saturated carbocycles. The van der Waals surface area contributed by atoms with Crippen LogP contribution >= 0.6 is 0 Å². The number of hydrogen-bond donors (Lipinski definition) is 0. The van der Waals surface area contributed by atoms with Crippen LogP contribution in [-0.4, -0.2) is 16.3 Å². The van der Waals surface area contributed by atoms with E-state index in [1.807, 2.05) is 0 Å². The van der Waals surface area contributed by atoms with Crippen molar-refractivity contribution in [2.75, 3.05) is 0 Å². The van der Waals surface area contributed by atoms with E-state index in [4.69, 9.17) is 0 Å². The van der Waals surface area contributed by atoms with Crippen molar-refractivity contribution >= 4 is 5.82 Å². The Kier molecular flexibility index (Phi) is 3.59. The average Bonchev–Trinajstić information content (AvgIpc) is 2.10. The lowest BCUT2D eigenvalue weighted by Gasteiger charge is -2.14. The molecular formula is C8H4F6N2O3. The van der Waals surface area contributed by atoms with E-state index in [9.17, 15) is 36.5 Å². The molecule has 0 unspecified atom stereocenters. The third-order valence-electron chi connectivity index (χ3n) is 1.77. The predicted octanol–water partition coefficient (Wildman–Crippen LogP) is 3.22. The van der Waals surface area contributed by atoms with Gasteiger partial charge < -0.3 is 14.9 Å². The van der Waals surface area contributed by atoms with Crippen molar-refractivity contribution in [3.05, 3.63) is 27.4 Å². The number of aromatic nitrogens is 1. The van der Waals surface area contributed by atoms with E-state index in [0.29, 0.717) is 6.07 Å². The molecule has 1 heterocycles. The number of nitro groups is 1. The van der Waals surface area contributed by atoms with E-state index >= 15 is 0 Å². The van der Waals surface area contributed by atoms with Crippen LogP contribution in [0.25, 0.3) is 0 Å². The van der Waals surface area contributed by atoms with Crippen LogP contribution in [0.1, 0.15) is 11.3 Å². The molecule has 106 valence electrons. The zero-order valence-electron chi connectivity index (χ0n) is 8.96. The first-order chi connectivity index (χ1) is 8.42. The summed E-state index contributed by atoms with van der Waals surface area (Å²) >= 11 is 0. The molecule has 0 aliphatic heterocycles. The molecule has 0 aromatic carbocycles. The Labute approximate surface area is 101 Å². The number of pyridine rings is 1. The number of rotatable bonds is 2. The first-order valence-corrected chi connectivity index (χ1v) is 4.41. The summed E-state index contributed by atoms with van der Waals surface area (Å²) < 4.78 is 76.9.